The van der Waals surface area contributed by atoms with Crippen molar-refractivity contribution in [3.63, 3.8) is 0 Å². The minimum atomic E-state index is -3.90. The number of carbonyl (C=O) groups excluding carboxylic acids is 2. The molecule has 0 saturated carbocycles. The molecule has 2 saturated heterocycles. The molecular formula is C35H46O14. The molecular weight excluding hydrogens is 652 g/mol. The molecule has 2 aliphatic heterocycles. The lowest BCUT2D eigenvalue weighted by Crippen LogP contribution is -2.78. The van der Waals surface area contributed by atoms with E-state index in [0.29, 0.717) is 18.8 Å². The molecule has 2 fully saturated rings. The quantitative estimate of drug-likeness (QED) is 0.0897. The number of esters is 2. The second-order valence-electron chi connectivity index (χ2n) is 13.1. The van der Waals surface area contributed by atoms with Crippen LogP contribution in [0.4, 0.5) is 0 Å². The Hall–Kier alpha value is -4.11. The zero-order chi connectivity index (χ0) is 36.9. The smallest absolute Gasteiger partial charge is 0.344 e. The Morgan fingerprint density at radius 3 is 2.22 bits per heavy atom. The van der Waals surface area contributed by atoms with Gasteiger partial charge < -0.3 is 44.5 Å². The summed E-state index contributed by atoms with van der Waals surface area (Å²) in [6, 6.07) is 9.29. The Balaban J connectivity index is 2.02. The van der Waals surface area contributed by atoms with Gasteiger partial charge in [-0.25, -0.2) is 19.2 Å². The van der Waals surface area contributed by atoms with Crippen molar-refractivity contribution in [1.82, 2.24) is 0 Å². The standard InChI is InChI=1S/C35H46O14/c1-7-19(2)17-20(3)13-14-25(37)47-28-27(38)33(48-29(30(39)40)34(45,31(41)42)35(28,49-33)32(43)44)16-15-21(4)26(46-23(6)36)22(5)18-24-11-9-8-10-12-24/h8-14,19-20,22,26-29,38,45H,4,7,15-18H2,1-3,5-6H3,(H,39,40)(H,41,42)(H,43,44)/b14-13+/t19-,20+,22+,26+,27+,28+,29+,33-,34+,35-/m0/s1/i2+2,3+2,4+2,5+2. The molecule has 14 nitrogen and oxygen atoms in total. The number of hydrogen-bond donors (Lipinski definition) is 5. The fraction of sp³-hybridized carbons (Fsp3) is 0.571. The molecule has 0 aliphatic carbocycles. The van der Waals surface area contributed by atoms with Gasteiger partial charge in [0.2, 0.25) is 23.1 Å². The van der Waals surface area contributed by atoms with Gasteiger partial charge in [-0.3, -0.25) is 4.79 Å². The van der Waals surface area contributed by atoms with Crippen molar-refractivity contribution in [2.75, 3.05) is 0 Å². The van der Waals surface area contributed by atoms with E-state index in [2.05, 4.69) is 6.58 Å². The third-order valence-corrected chi connectivity index (χ3v) is 9.29. The summed E-state index contributed by atoms with van der Waals surface area (Å²) in [5.41, 5.74) is -6.27. The number of fused-ring (bicyclic) bond motifs is 2. The summed E-state index contributed by atoms with van der Waals surface area (Å²) in [5.74, 6) is -11.3. The molecule has 0 spiro atoms. The average molecular weight is 699 g/mol. The first-order chi connectivity index (χ1) is 22.9. The number of hydrogen-bond acceptors (Lipinski definition) is 11. The van der Waals surface area contributed by atoms with Gasteiger partial charge in [0.05, 0.1) is 0 Å². The number of allylic oxidation sites excluding steroid dienone is 1. The average Bonchev–Trinajstić information content (AvgIpc) is 3.25. The fourth-order valence-electron chi connectivity index (χ4n) is 6.58. The van der Waals surface area contributed by atoms with Crippen molar-refractivity contribution in [3.05, 3.63) is 60.2 Å². The molecule has 1 aromatic carbocycles. The Kier molecular flexibility index (Phi) is 12.5. The van der Waals surface area contributed by atoms with Crippen molar-refractivity contribution >= 4 is 29.8 Å². The van der Waals surface area contributed by atoms with Crippen LogP contribution in [0.25, 0.3) is 0 Å². The van der Waals surface area contributed by atoms with Crippen LogP contribution in [-0.2, 0) is 49.3 Å². The molecule has 3 rings (SSSR count). The van der Waals surface area contributed by atoms with E-state index in [1.165, 1.54) is 13.0 Å². The second-order valence-corrected chi connectivity index (χ2v) is 13.1. The largest absolute Gasteiger partial charge is 0.479 e. The van der Waals surface area contributed by atoms with E-state index >= 15 is 0 Å². The number of aliphatic hydroxyl groups is 2. The molecule has 49 heavy (non-hydrogen) atoms. The molecule has 1 aromatic rings. The van der Waals surface area contributed by atoms with Crippen LogP contribution in [0.3, 0.4) is 0 Å². The number of benzene rings is 1. The maximum atomic E-state index is 13.0. The van der Waals surface area contributed by atoms with E-state index in [1.807, 2.05) is 51.1 Å². The second kappa shape index (κ2) is 15.6. The van der Waals surface area contributed by atoms with E-state index in [1.54, 1.807) is 6.92 Å². The lowest BCUT2D eigenvalue weighted by Gasteiger charge is -2.48. The lowest BCUT2D eigenvalue weighted by molar-refractivity contribution is -0.374. The predicted octanol–water partition coefficient (Wildman–Crippen LogP) is 2.88. The Morgan fingerprint density at radius 1 is 1.06 bits per heavy atom. The van der Waals surface area contributed by atoms with Crippen LogP contribution in [0.15, 0.2) is 54.6 Å². The summed E-state index contributed by atoms with van der Waals surface area (Å²) < 4.78 is 22.0. The van der Waals surface area contributed by atoms with Crippen LogP contribution in [0.5, 0.6) is 0 Å². The van der Waals surface area contributed by atoms with Gasteiger partial charge in [0, 0.05) is 25.3 Å². The molecule has 0 unspecified atom stereocenters. The molecule has 0 aromatic heterocycles. The first-order valence-electron chi connectivity index (χ1n) is 16.1. The summed E-state index contributed by atoms with van der Waals surface area (Å²) in [6.07, 6.45) is -4.83. The minimum Gasteiger partial charge on any atom is -0.479 e. The molecule has 0 amide bonds. The van der Waals surface area contributed by atoms with Crippen molar-refractivity contribution in [2.45, 2.75) is 108 Å². The first-order valence-corrected chi connectivity index (χ1v) is 16.1. The number of carboxylic acid groups (broad SMARTS) is 3. The van der Waals surface area contributed by atoms with Crippen molar-refractivity contribution in [1.29, 1.82) is 0 Å². The first kappa shape index (κ1) is 39.3. The van der Waals surface area contributed by atoms with Gasteiger partial charge in [0.25, 0.3) is 0 Å². The van der Waals surface area contributed by atoms with Gasteiger partial charge in [0.1, 0.15) is 12.2 Å². The van der Waals surface area contributed by atoms with Crippen LogP contribution >= 0.6 is 0 Å². The van der Waals surface area contributed by atoms with E-state index in [4.69, 9.17) is 18.9 Å². The highest BCUT2D eigenvalue weighted by Gasteiger charge is 2.85. The van der Waals surface area contributed by atoms with Gasteiger partial charge in [0.15, 0.2) is 6.10 Å². The number of aliphatic hydroxyl groups excluding tert-OH is 1. The van der Waals surface area contributed by atoms with Gasteiger partial charge in [-0.2, -0.15) is 0 Å². The number of aliphatic carboxylic acids is 3. The number of ether oxygens (including phenoxy) is 4. The summed E-state index contributed by atoms with van der Waals surface area (Å²) in [5, 5.41) is 53.5. The normalized spacial score (nSPS) is 30.1. The van der Waals surface area contributed by atoms with Crippen LogP contribution in [0, 0.1) is 17.8 Å². The maximum Gasteiger partial charge on any atom is 0.344 e. The third-order valence-electron chi connectivity index (χ3n) is 9.29. The van der Waals surface area contributed by atoms with E-state index < -0.39 is 77.7 Å². The third kappa shape index (κ3) is 7.88. The molecule has 270 valence electrons. The van der Waals surface area contributed by atoms with E-state index in [0.717, 1.165) is 18.1 Å². The number of rotatable bonds is 17. The Labute approximate surface area is 284 Å². The zero-order valence-corrected chi connectivity index (χ0v) is 28.2. The van der Waals surface area contributed by atoms with Gasteiger partial charge in [-0.1, -0.05) is 77.1 Å². The summed E-state index contributed by atoms with van der Waals surface area (Å²) >= 11 is 0. The summed E-state index contributed by atoms with van der Waals surface area (Å²) in [6.45, 7) is 12.9. The monoisotopic (exact) mass is 698 g/mol. The maximum absolute atomic E-state index is 13.0. The van der Waals surface area contributed by atoms with Gasteiger partial charge in [-0.05, 0) is 42.2 Å². The van der Waals surface area contributed by atoms with E-state index in [9.17, 15) is 49.5 Å². The van der Waals surface area contributed by atoms with Crippen LogP contribution < -0.4 is 0 Å². The van der Waals surface area contributed by atoms with Crippen molar-refractivity contribution in [3.8, 4) is 0 Å². The highest BCUT2D eigenvalue weighted by Crippen LogP contribution is 2.56. The number of carboxylic acids is 3. The molecule has 14 heteroatoms. The molecule has 10 atom stereocenters. The summed E-state index contributed by atoms with van der Waals surface area (Å²) in [4.78, 5) is 63.0. The summed E-state index contributed by atoms with van der Waals surface area (Å²) in [7, 11) is 0. The van der Waals surface area contributed by atoms with Gasteiger partial charge >= 0.3 is 29.8 Å². The number of carbonyl (C=O) groups is 5. The molecule has 5 N–H and O–H groups in total. The van der Waals surface area contributed by atoms with Crippen molar-refractivity contribution < 1.29 is 68.5 Å². The molecule has 2 heterocycles. The SMILES string of the molecule is CC[C@H]([14CH3])C[C@H]([14CH3])/C=C/C(=O)O[C@@H]1[C@@H](O)[C@@]2(CCC(=[14CH2])[C@@H](OC(C)=O)[C@H]([14CH3])Cc3ccccc3)O[C@H](C(=O)O)[C@@](O)(C(=O)O)[C@]1(C(=O)O)O2. The molecule has 0 radical (unpaired) electrons. The molecule has 2 aliphatic rings. The minimum absolute atomic E-state index is 0.123. The van der Waals surface area contributed by atoms with Crippen molar-refractivity contribution in [2.24, 2.45) is 17.8 Å². The van der Waals surface area contributed by atoms with E-state index in [-0.39, 0.29) is 23.8 Å². The molecule has 2 bridgehead atoms. The topological polar surface area (TPSA) is 223 Å². The Morgan fingerprint density at radius 2 is 1.69 bits per heavy atom. The highest BCUT2D eigenvalue weighted by atomic mass is 16.8. The fourth-order valence-corrected chi connectivity index (χ4v) is 6.58. The highest BCUT2D eigenvalue weighted by molar-refractivity contribution is 5.98. The lowest BCUT2D eigenvalue weighted by atomic mass is 9.74. The predicted molar refractivity (Wildman–Crippen MR) is 171 cm³/mol. The Bertz CT molecular complexity index is 1440. The van der Waals surface area contributed by atoms with Crippen LogP contribution in [-0.4, -0.2) is 96.8 Å². The van der Waals surface area contributed by atoms with Crippen LogP contribution in [0.2, 0.25) is 0 Å². The van der Waals surface area contributed by atoms with Gasteiger partial charge in [-0.15, -0.1) is 0 Å². The van der Waals surface area contributed by atoms with Crippen LogP contribution in [0.1, 0.15) is 65.9 Å². The zero-order valence-electron chi connectivity index (χ0n) is 28.2.